The molecule has 0 unspecified atom stereocenters. The van der Waals surface area contributed by atoms with Gasteiger partial charge in [-0.1, -0.05) is 19.3 Å². The molecule has 12 heteroatoms. The van der Waals surface area contributed by atoms with E-state index in [1.807, 2.05) is 29.8 Å². The highest BCUT2D eigenvalue weighted by molar-refractivity contribution is 7.99. The molecule has 39 heavy (non-hydrogen) atoms. The van der Waals surface area contributed by atoms with Gasteiger partial charge in [-0.25, -0.2) is 21.9 Å². The van der Waals surface area contributed by atoms with Gasteiger partial charge < -0.3 is 15.0 Å². The SMILES string of the molecule is COC1(C(=O)NS(=O)(=O)c2cc(F)c(N[C@H](CCN(C)C)CSc3ccc(F)cc3)c(C#N)c2)CCCCC1. The number of sulfonamides is 1. The van der Waals surface area contributed by atoms with Gasteiger partial charge in [0, 0.05) is 23.8 Å². The number of anilines is 1. The second-order valence-corrected chi connectivity index (χ2v) is 12.6. The number of ether oxygens (including phenoxy) is 1. The van der Waals surface area contributed by atoms with Crippen LogP contribution >= 0.6 is 11.8 Å². The molecular weight excluding hydrogens is 546 g/mol. The topological polar surface area (TPSA) is 112 Å². The smallest absolute Gasteiger partial charge is 0.265 e. The largest absolute Gasteiger partial charge is 0.378 e. The third-order valence-electron chi connectivity index (χ3n) is 6.73. The summed E-state index contributed by atoms with van der Waals surface area (Å²) in [5.74, 6) is -1.58. The summed E-state index contributed by atoms with van der Waals surface area (Å²) in [6, 6.07) is 9.46. The number of hydrogen-bond donors (Lipinski definition) is 2. The standard InChI is InChI=1S/C27H34F2N4O4S2/c1-33(2)14-11-21(18-38-22-9-7-20(28)8-10-22)31-25-19(17-30)15-23(16-24(25)29)39(35,36)32-26(34)27(37-3)12-5-4-6-13-27/h7-10,15-16,21,31H,4-6,11-14,18H2,1-3H3,(H,32,34)/t21-/m1/s1. The molecule has 8 nitrogen and oxygen atoms in total. The van der Waals surface area contributed by atoms with Gasteiger partial charge in [-0.2, -0.15) is 5.26 Å². The van der Waals surface area contributed by atoms with E-state index in [1.54, 1.807) is 12.1 Å². The molecule has 2 aromatic rings. The lowest BCUT2D eigenvalue weighted by Gasteiger charge is -2.34. The Balaban J connectivity index is 1.82. The van der Waals surface area contributed by atoms with E-state index < -0.39 is 32.2 Å². The first-order valence-corrected chi connectivity index (χ1v) is 15.1. The van der Waals surface area contributed by atoms with Gasteiger partial charge in [0.2, 0.25) is 0 Å². The number of rotatable bonds is 12. The van der Waals surface area contributed by atoms with Crippen LogP contribution in [0.5, 0.6) is 0 Å². The molecule has 1 fully saturated rings. The number of amides is 1. The molecule has 1 atom stereocenters. The second-order valence-electron chi connectivity index (χ2n) is 9.83. The van der Waals surface area contributed by atoms with Gasteiger partial charge in [-0.3, -0.25) is 4.79 Å². The quantitative estimate of drug-likeness (QED) is 0.353. The second kappa shape index (κ2) is 13.6. The molecule has 1 aliphatic carbocycles. The van der Waals surface area contributed by atoms with Crippen molar-refractivity contribution in [1.29, 1.82) is 5.26 Å². The Labute approximate surface area is 233 Å². The van der Waals surface area contributed by atoms with Gasteiger partial charge in [0.05, 0.1) is 16.1 Å². The minimum atomic E-state index is -4.47. The number of hydrogen-bond acceptors (Lipinski definition) is 8. The lowest BCUT2D eigenvalue weighted by molar-refractivity contribution is -0.145. The fourth-order valence-electron chi connectivity index (χ4n) is 4.44. The van der Waals surface area contributed by atoms with Crippen molar-refractivity contribution in [2.24, 2.45) is 0 Å². The van der Waals surface area contributed by atoms with Crippen molar-refractivity contribution in [2.75, 3.05) is 38.8 Å². The minimum Gasteiger partial charge on any atom is -0.378 e. The van der Waals surface area contributed by atoms with Crippen molar-refractivity contribution < 1.29 is 26.7 Å². The van der Waals surface area contributed by atoms with Gasteiger partial charge in [-0.05, 0) is 76.3 Å². The van der Waals surface area contributed by atoms with E-state index in [0.717, 1.165) is 36.3 Å². The third kappa shape index (κ3) is 8.14. The van der Waals surface area contributed by atoms with E-state index in [2.05, 4.69) is 5.32 Å². The monoisotopic (exact) mass is 580 g/mol. The van der Waals surface area contributed by atoms with Gasteiger partial charge in [-0.15, -0.1) is 11.8 Å². The zero-order chi connectivity index (χ0) is 28.6. The maximum Gasteiger partial charge on any atom is 0.265 e. The number of halogens is 2. The van der Waals surface area contributed by atoms with Gasteiger partial charge >= 0.3 is 0 Å². The first-order valence-electron chi connectivity index (χ1n) is 12.7. The molecule has 2 aromatic carbocycles. The molecule has 0 heterocycles. The first-order chi connectivity index (χ1) is 18.5. The van der Waals surface area contributed by atoms with Crippen LogP contribution in [-0.4, -0.2) is 64.4 Å². The number of carbonyl (C=O) groups excluding carboxylic acids is 1. The molecule has 0 bridgehead atoms. The Morgan fingerprint density at radius 2 is 1.85 bits per heavy atom. The molecule has 1 aliphatic rings. The summed E-state index contributed by atoms with van der Waals surface area (Å²) in [4.78, 5) is 15.2. The van der Waals surface area contributed by atoms with Crippen molar-refractivity contribution in [2.45, 2.75) is 60.0 Å². The van der Waals surface area contributed by atoms with Gasteiger partial charge in [0.1, 0.15) is 23.3 Å². The summed E-state index contributed by atoms with van der Waals surface area (Å²) in [6.45, 7) is 0.672. The lowest BCUT2D eigenvalue weighted by atomic mass is 9.84. The normalized spacial score (nSPS) is 15.9. The number of methoxy groups -OCH3 is 1. The van der Waals surface area contributed by atoms with Crippen LogP contribution in [0.3, 0.4) is 0 Å². The highest BCUT2D eigenvalue weighted by Gasteiger charge is 2.41. The molecular formula is C27H34F2N4O4S2. The van der Waals surface area contributed by atoms with Crippen LogP contribution < -0.4 is 10.0 Å². The van der Waals surface area contributed by atoms with Crippen molar-refractivity contribution in [3.05, 3.63) is 53.6 Å². The predicted octanol–water partition coefficient (Wildman–Crippen LogP) is 4.52. The average molecular weight is 581 g/mol. The maximum absolute atomic E-state index is 15.4. The number of nitrogens with one attached hydrogen (secondary N) is 2. The highest BCUT2D eigenvalue weighted by atomic mass is 32.2. The number of benzene rings is 2. The minimum absolute atomic E-state index is 0.119. The molecule has 2 N–H and O–H groups in total. The molecule has 0 radical (unpaired) electrons. The zero-order valence-electron chi connectivity index (χ0n) is 22.3. The van der Waals surface area contributed by atoms with Crippen LogP contribution in [0.2, 0.25) is 0 Å². The molecule has 0 saturated heterocycles. The molecule has 3 rings (SSSR count). The van der Waals surface area contributed by atoms with Crippen LogP contribution in [-0.2, 0) is 19.6 Å². The molecule has 1 saturated carbocycles. The zero-order valence-corrected chi connectivity index (χ0v) is 23.9. The summed E-state index contributed by atoms with van der Waals surface area (Å²) in [5.41, 5.74) is -1.58. The van der Waals surface area contributed by atoms with Crippen LogP contribution in [0.25, 0.3) is 0 Å². The summed E-state index contributed by atoms with van der Waals surface area (Å²) in [7, 11) is 0.706. The Kier molecular flexibility index (Phi) is 10.7. The van der Waals surface area contributed by atoms with E-state index in [4.69, 9.17) is 4.74 Å². The van der Waals surface area contributed by atoms with E-state index in [1.165, 1.54) is 31.0 Å². The van der Waals surface area contributed by atoms with E-state index in [-0.39, 0.29) is 23.1 Å². The summed E-state index contributed by atoms with van der Waals surface area (Å²) in [5, 5.41) is 12.8. The molecule has 0 aliphatic heterocycles. The Bertz CT molecular complexity index is 1290. The van der Waals surface area contributed by atoms with E-state index >= 15 is 4.39 Å². The van der Waals surface area contributed by atoms with Gasteiger partial charge in [0.15, 0.2) is 0 Å². The summed E-state index contributed by atoms with van der Waals surface area (Å²) >= 11 is 1.45. The van der Waals surface area contributed by atoms with Crippen molar-refractivity contribution in [3.8, 4) is 6.07 Å². The molecule has 1 amide bonds. The Morgan fingerprint density at radius 3 is 2.44 bits per heavy atom. The fraction of sp³-hybridized carbons (Fsp3) is 0.481. The summed E-state index contributed by atoms with van der Waals surface area (Å²) in [6.07, 6.45) is 3.74. The van der Waals surface area contributed by atoms with Crippen molar-refractivity contribution in [3.63, 3.8) is 0 Å². The van der Waals surface area contributed by atoms with Crippen LogP contribution in [0.1, 0.15) is 44.1 Å². The van der Waals surface area contributed by atoms with Crippen LogP contribution in [0.4, 0.5) is 14.5 Å². The molecule has 0 aromatic heterocycles. The fourth-order valence-corrected chi connectivity index (χ4v) is 6.49. The van der Waals surface area contributed by atoms with Crippen molar-refractivity contribution >= 4 is 33.4 Å². The highest BCUT2D eigenvalue weighted by Crippen LogP contribution is 2.32. The lowest BCUT2D eigenvalue weighted by Crippen LogP contribution is -2.51. The number of carbonyl (C=O) groups is 1. The average Bonchev–Trinajstić information content (AvgIpc) is 2.91. The van der Waals surface area contributed by atoms with Crippen LogP contribution in [0.15, 0.2) is 46.2 Å². The van der Waals surface area contributed by atoms with Gasteiger partial charge in [0.25, 0.3) is 15.9 Å². The third-order valence-corrected chi connectivity index (χ3v) is 9.21. The molecule has 212 valence electrons. The van der Waals surface area contributed by atoms with E-state index in [9.17, 15) is 22.9 Å². The Morgan fingerprint density at radius 1 is 1.18 bits per heavy atom. The number of nitriles is 1. The maximum atomic E-state index is 15.4. The van der Waals surface area contributed by atoms with E-state index in [0.29, 0.717) is 31.6 Å². The first kappa shape index (κ1) is 30.8. The van der Waals surface area contributed by atoms with Crippen molar-refractivity contribution in [1.82, 2.24) is 9.62 Å². The van der Waals surface area contributed by atoms with Crippen LogP contribution in [0, 0.1) is 23.0 Å². The predicted molar refractivity (Wildman–Crippen MR) is 147 cm³/mol. The molecule has 0 spiro atoms. The Hall–Kier alpha value is -2.72. The number of thioether (sulfide) groups is 1. The summed E-state index contributed by atoms with van der Waals surface area (Å²) < 4.78 is 62.1. The number of nitrogens with zero attached hydrogens (tertiary/aromatic N) is 2.